The quantitative estimate of drug-likeness (QED) is 0.539. The Labute approximate surface area is 71.9 Å². The second-order valence-corrected chi connectivity index (χ2v) is 4.21. The molecule has 0 saturated heterocycles. The Kier molecular flexibility index (Phi) is 0.705. The number of allylic oxidation sites excluding steroid dienone is 2. The predicted molar refractivity (Wildman–Crippen MR) is 48.8 cm³/mol. The zero-order valence-electron chi connectivity index (χ0n) is 6.88. The van der Waals surface area contributed by atoms with Gasteiger partial charge in [-0.15, -0.1) is 0 Å². The van der Waals surface area contributed by atoms with Crippen LogP contribution in [-0.4, -0.2) is 0 Å². The summed E-state index contributed by atoms with van der Waals surface area (Å²) in [6.07, 6.45) is 2.82. The van der Waals surface area contributed by atoms with E-state index in [2.05, 4.69) is 24.3 Å². The fourth-order valence-corrected chi connectivity index (χ4v) is 3.18. The standard InChI is InChI=1S/C12H10/c1-2-4-9-8(3-1)10-5-7-6-11(9)12(7)10/h1-4,7,10H,5-6H2. The van der Waals surface area contributed by atoms with Crippen molar-refractivity contribution < 1.29 is 0 Å². The minimum absolute atomic E-state index is 0.856. The van der Waals surface area contributed by atoms with Gasteiger partial charge in [-0.2, -0.15) is 0 Å². The van der Waals surface area contributed by atoms with E-state index in [-0.39, 0.29) is 0 Å². The van der Waals surface area contributed by atoms with E-state index in [4.69, 9.17) is 0 Å². The summed E-state index contributed by atoms with van der Waals surface area (Å²) in [5, 5.41) is 0. The van der Waals surface area contributed by atoms with Gasteiger partial charge in [-0.25, -0.2) is 0 Å². The molecular weight excluding hydrogens is 144 g/mol. The van der Waals surface area contributed by atoms with Crippen LogP contribution in [0.15, 0.2) is 29.8 Å². The summed E-state index contributed by atoms with van der Waals surface area (Å²) in [5.74, 6) is 1.85. The van der Waals surface area contributed by atoms with Crippen molar-refractivity contribution in [3.63, 3.8) is 0 Å². The van der Waals surface area contributed by atoms with E-state index in [1.807, 2.05) is 0 Å². The highest BCUT2D eigenvalue weighted by molar-refractivity contribution is 5.86. The Bertz CT molecular complexity index is 412. The molecule has 0 aliphatic heterocycles. The second-order valence-electron chi connectivity index (χ2n) is 4.21. The predicted octanol–water partition coefficient (Wildman–Crippen LogP) is 2.96. The third-order valence-corrected chi connectivity index (χ3v) is 3.80. The van der Waals surface area contributed by atoms with Crippen molar-refractivity contribution in [2.75, 3.05) is 0 Å². The zero-order valence-corrected chi connectivity index (χ0v) is 6.88. The van der Waals surface area contributed by atoms with Crippen molar-refractivity contribution in [2.24, 2.45) is 5.92 Å². The Hall–Kier alpha value is -1.04. The summed E-state index contributed by atoms with van der Waals surface area (Å²) < 4.78 is 0. The van der Waals surface area contributed by atoms with Gasteiger partial charge in [-0.05, 0) is 35.5 Å². The molecule has 2 atom stereocenters. The highest BCUT2D eigenvalue weighted by Crippen LogP contribution is 2.66. The molecule has 58 valence electrons. The van der Waals surface area contributed by atoms with Crippen LogP contribution < -0.4 is 0 Å². The molecule has 1 aromatic rings. The molecule has 0 amide bonds. The fourth-order valence-electron chi connectivity index (χ4n) is 3.18. The lowest BCUT2D eigenvalue weighted by Crippen LogP contribution is -2.29. The Balaban J connectivity index is 2.08. The normalized spacial score (nSPS) is 33.7. The Morgan fingerprint density at radius 3 is 3.00 bits per heavy atom. The van der Waals surface area contributed by atoms with Crippen molar-refractivity contribution in [1.82, 2.24) is 0 Å². The van der Waals surface area contributed by atoms with E-state index in [1.165, 1.54) is 12.8 Å². The summed E-state index contributed by atoms with van der Waals surface area (Å²) in [6.45, 7) is 0. The average Bonchev–Trinajstić information content (AvgIpc) is 2.24. The van der Waals surface area contributed by atoms with Crippen LogP contribution in [0.2, 0.25) is 0 Å². The fraction of sp³-hybridized carbons (Fsp3) is 0.333. The molecule has 3 aliphatic carbocycles. The van der Waals surface area contributed by atoms with Gasteiger partial charge in [0.2, 0.25) is 0 Å². The lowest BCUT2D eigenvalue weighted by Gasteiger charge is -2.43. The van der Waals surface area contributed by atoms with E-state index >= 15 is 0 Å². The van der Waals surface area contributed by atoms with Crippen molar-refractivity contribution in [3.8, 4) is 0 Å². The van der Waals surface area contributed by atoms with Gasteiger partial charge in [0.1, 0.15) is 0 Å². The van der Waals surface area contributed by atoms with Gasteiger partial charge in [0.25, 0.3) is 0 Å². The lowest BCUT2D eigenvalue weighted by molar-refractivity contribution is 0.374. The average molecular weight is 154 g/mol. The molecule has 0 heterocycles. The second kappa shape index (κ2) is 1.52. The van der Waals surface area contributed by atoms with Crippen LogP contribution in [0.1, 0.15) is 29.9 Å². The van der Waals surface area contributed by atoms with Crippen molar-refractivity contribution >= 4 is 5.57 Å². The molecular formula is C12H10. The maximum absolute atomic E-state index is 2.31. The molecule has 1 aromatic carbocycles. The summed E-state index contributed by atoms with van der Waals surface area (Å²) in [4.78, 5) is 0. The van der Waals surface area contributed by atoms with Gasteiger partial charge < -0.3 is 0 Å². The largest absolute Gasteiger partial charge is 0.0619 e. The van der Waals surface area contributed by atoms with E-state index < -0.39 is 0 Å². The molecule has 0 heteroatoms. The third kappa shape index (κ3) is 0.394. The number of fused-ring (bicyclic) bond motifs is 3. The van der Waals surface area contributed by atoms with Gasteiger partial charge in [0.05, 0.1) is 0 Å². The molecule has 0 bridgehead atoms. The summed E-state index contributed by atoms with van der Waals surface area (Å²) in [7, 11) is 0. The third-order valence-electron chi connectivity index (χ3n) is 3.80. The number of hydrogen-bond donors (Lipinski definition) is 0. The topological polar surface area (TPSA) is 0 Å². The maximum atomic E-state index is 2.31. The minimum atomic E-state index is 0.856. The Morgan fingerprint density at radius 1 is 1.17 bits per heavy atom. The maximum Gasteiger partial charge on any atom is 0.00689 e. The molecule has 1 saturated carbocycles. The van der Waals surface area contributed by atoms with Crippen LogP contribution in [0.4, 0.5) is 0 Å². The van der Waals surface area contributed by atoms with E-state index in [9.17, 15) is 0 Å². The number of benzene rings is 1. The van der Waals surface area contributed by atoms with Gasteiger partial charge in [-0.1, -0.05) is 29.8 Å². The van der Waals surface area contributed by atoms with Crippen LogP contribution in [-0.2, 0) is 0 Å². The molecule has 0 nitrogen and oxygen atoms in total. The van der Waals surface area contributed by atoms with Gasteiger partial charge in [0, 0.05) is 5.92 Å². The van der Waals surface area contributed by atoms with E-state index in [0.717, 1.165) is 11.8 Å². The SMILES string of the molecule is c1ccc2c(c1)C1=C3C(C1)CC32. The summed E-state index contributed by atoms with van der Waals surface area (Å²) in [5.41, 5.74) is 6.70. The van der Waals surface area contributed by atoms with Crippen LogP contribution in [0.5, 0.6) is 0 Å². The zero-order chi connectivity index (χ0) is 7.71. The minimum Gasteiger partial charge on any atom is -0.0619 e. The monoisotopic (exact) mass is 154 g/mol. The highest BCUT2D eigenvalue weighted by Gasteiger charge is 2.50. The summed E-state index contributed by atoms with van der Waals surface area (Å²) >= 11 is 0. The first-order valence-electron chi connectivity index (χ1n) is 4.77. The van der Waals surface area contributed by atoms with Gasteiger partial charge >= 0.3 is 0 Å². The van der Waals surface area contributed by atoms with Crippen molar-refractivity contribution in [1.29, 1.82) is 0 Å². The van der Waals surface area contributed by atoms with Crippen LogP contribution in [0, 0.1) is 5.92 Å². The van der Waals surface area contributed by atoms with Crippen molar-refractivity contribution in [2.45, 2.75) is 18.8 Å². The molecule has 1 fully saturated rings. The smallest absolute Gasteiger partial charge is 0.00689 e. The number of rotatable bonds is 0. The number of hydrogen-bond acceptors (Lipinski definition) is 0. The highest BCUT2D eigenvalue weighted by atomic mass is 14.5. The Morgan fingerprint density at radius 2 is 2.08 bits per heavy atom. The first-order valence-corrected chi connectivity index (χ1v) is 4.77. The van der Waals surface area contributed by atoms with Crippen molar-refractivity contribution in [3.05, 3.63) is 41.0 Å². The summed E-state index contributed by atoms with van der Waals surface area (Å²) in [6, 6.07) is 8.96. The van der Waals surface area contributed by atoms with Gasteiger partial charge in [0.15, 0.2) is 0 Å². The lowest BCUT2D eigenvalue weighted by atomic mass is 9.60. The van der Waals surface area contributed by atoms with Crippen LogP contribution in [0.25, 0.3) is 5.57 Å². The molecule has 0 N–H and O–H groups in total. The van der Waals surface area contributed by atoms with E-state index in [1.54, 1.807) is 22.3 Å². The first-order chi connectivity index (χ1) is 5.95. The molecule has 4 rings (SSSR count). The van der Waals surface area contributed by atoms with Crippen LogP contribution >= 0.6 is 0 Å². The molecule has 12 heavy (non-hydrogen) atoms. The molecule has 0 aromatic heterocycles. The van der Waals surface area contributed by atoms with E-state index in [0.29, 0.717) is 0 Å². The molecule has 0 spiro atoms. The molecule has 0 radical (unpaired) electrons. The van der Waals surface area contributed by atoms with Crippen LogP contribution in [0.3, 0.4) is 0 Å². The molecule has 3 aliphatic rings. The van der Waals surface area contributed by atoms with Gasteiger partial charge in [-0.3, -0.25) is 0 Å². The molecule has 2 unspecified atom stereocenters. The first kappa shape index (κ1) is 5.58.